The maximum absolute atomic E-state index is 14.6. The summed E-state index contributed by atoms with van der Waals surface area (Å²) in [7, 11) is 0. The van der Waals surface area contributed by atoms with Gasteiger partial charge in [-0.2, -0.15) is 0 Å². The molecule has 2 atom stereocenters. The van der Waals surface area contributed by atoms with E-state index >= 15 is 0 Å². The monoisotopic (exact) mass is 662 g/mol. The van der Waals surface area contributed by atoms with Crippen molar-refractivity contribution in [3.8, 4) is 28.1 Å². The Morgan fingerprint density at radius 1 is 1.08 bits per heavy atom. The van der Waals surface area contributed by atoms with Gasteiger partial charge in [-0.3, -0.25) is 4.40 Å². The van der Waals surface area contributed by atoms with E-state index < -0.39 is 29.3 Å². The highest BCUT2D eigenvalue weighted by Gasteiger charge is 2.37. The van der Waals surface area contributed by atoms with Gasteiger partial charge in [-0.15, -0.1) is 0 Å². The zero-order chi connectivity index (χ0) is 34.4. The Balaban J connectivity index is 1.54. The summed E-state index contributed by atoms with van der Waals surface area (Å²) >= 11 is 0. The van der Waals surface area contributed by atoms with E-state index in [-0.39, 0.29) is 17.5 Å². The second-order valence-electron chi connectivity index (χ2n) is 14.2. The van der Waals surface area contributed by atoms with Crippen molar-refractivity contribution in [2.45, 2.75) is 97.1 Å². The predicted molar refractivity (Wildman–Crippen MR) is 179 cm³/mol. The second kappa shape index (κ2) is 13.1. The lowest BCUT2D eigenvalue weighted by Gasteiger charge is -2.41. The molecule has 2 aromatic heterocycles. The smallest absolute Gasteiger partial charge is 0.337 e. The van der Waals surface area contributed by atoms with Crippen LogP contribution in [0, 0.1) is 18.6 Å². The molecule has 11 heteroatoms. The summed E-state index contributed by atoms with van der Waals surface area (Å²) < 4.78 is 49.8. The largest absolute Gasteiger partial charge is 0.490 e. The second-order valence-corrected chi connectivity index (χ2v) is 14.2. The Bertz CT molecular complexity index is 1830. The number of imidazole rings is 1. The summed E-state index contributed by atoms with van der Waals surface area (Å²) in [4.78, 5) is 24.7. The van der Waals surface area contributed by atoms with Crippen molar-refractivity contribution in [1.29, 1.82) is 0 Å². The molecule has 0 amide bonds. The van der Waals surface area contributed by atoms with Gasteiger partial charge < -0.3 is 24.2 Å². The Morgan fingerprint density at radius 3 is 2.50 bits per heavy atom. The zero-order valence-electron chi connectivity index (χ0n) is 28.5. The first-order valence-electron chi connectivity index (χ1n) is 16.7. The van der Waals surface area contributed by atoms with Crippen LogP contribution in [0.4, 0.5) is 14.6 Å². The van der Waals surface area contributed by atoms with Crippen LogP contribution in [0.5, 0.6) is 5.75 Å². The molecule has 4 aromatic rings. The summed E-state index contributed by atoms with van der Waals surface area (Å²) in [5.74, 6) is -1.69. The predicted octanol–water partition coefficient (Wildman–Crippen LogP) is 7.92. The zero-order valence-corrected chi connectivity index (χ0v) is 28.5. The number of nitrogens with zero attached hydrogens (tertiary/aromatic N) is 4. The Kier molecular flexibility index (Phi) is 9.21. The van der Waals surface area contributed by atoms with Gasteiger partial charge in [0, 0.05) is 43.1 Å². The van der Waals surface area contributed by atoms with Gasteiger partial charge in [0.25, 0.3) is 0 Å². The number of rotatable bonds is 3. The number of aliphatic carboxylic acids is 1. The SMILES string of the molecule is Cc1nc2nc3cn2c(c1C(OC(C)(C)C)C(=O)O)N1CCC(C)(CC1)OCCCCC(C)Oc1cc(F)c(F)cc1-c1cccc-3c1. The molecule has 0 aliphatic carbocycles. The van der Waals surface area contributed by atoms with E-state index in [1.807, 2.05) is 62.6 Å². The van der Waals surface area contributed by atoms with Gasteiger partial charge in [-0.1, -0.05) is 18.2 Å². The number of fused-ring (bicyclic) bond motifs is 8. The lowest BCUT2D eigenvalue weighted by molar-refractivity contribution is -0.160. The minimum atomic E-state index is -1.27. The van der Waals surface area contributed by atoms with Gasteiger partial charge in [0.15, 0.2) is 17.7 Å². The van der Waals surface area contributed by atoms with E-state index in [1.54, 1.807) is 6.92 Å². The first kappa shape index (κ1) is 33.8. The number of aromatic nitrogens is 3. The number of carboxylic acids is 1. The Labute approximate surface area is 279 Å². The van der Waals surface area contributed by atoms with Crippen LogP contribution in [0.1, 0.15) is 84.1 Å². The summed E-state index contributed by atoms with van der Waals surface area (Å²) in [6.07, 6.45) is 4.25. The third-order valence-electron chi connectivity index (χ3n) is 9.17. The first-order chi connectivity index (χ1) is 22.7. The molecule has 1 N–H and O–H groups in total. The van der Waals surface area contributed by atoms with Gasteiger partial charge in [-0.05, 0) is 91.3 Å². The van der Waals surface area contributed by atoms with Crippen LogP contribution in [0.2, 0.25) is 0 Å². The van der Waals surface area contributed by atoms with Gasteiger partial charge in [0.05, 0.1) is 34.3 Å². The molecule has 3 aliphatic heterocycles. The molecule has 256 valence electrons. The highest BCUT2D eigenvalue weighted by atomic mass is 19.2. The van der Waals surface area contributed by atoms with Crippen LogP contribution in [0.15, 0.2) is 42.6 Å². The molecule has 3 aliphatic rings. The molecule has 0 spiro atoms. The number of hydrogen-bond donors (Lipinski definition) is 1. The van der Waals surface area contributed by atoms with Crippen molar-refractivity contribution < 1.29 is 32.9 Å². The molecule has 5 heterocycles. The van der Waals surface area contributed by atoms with Crippen molar-refractivity contribution in [2.75, 3.05) is 24.6 Å². The van der Waals surface area contributed by atoms with Crippen LogP contribution in [-0.2, 0) is 14.3 Å². The van der Waals surface area contributed by atoms with E-state index in [9.17, 15) is 18.7 Å². The minimum absolute atomic E-state index is 0.224. The average Bonchev–Trinajstić information content (AvgIpc) is 3.44. The summed E-state index contributed by atoms with van der Waals surface area (Å²) in [5.41, 5.74) is 2.30. The molecule has 48 heavy (non-hydrogen) atoms. The average molecular weight is 663 g/mol. The Morgan fingerprint density at radius 2 is 1.79 bits per heavy atom. The number of anilines is 1. The quantitative estimate of drug-likeness (QED) is 0.236. The molecule has 1 saturated heterocycles. The number of carboxylic acid groups (broad SMARTS) is 1. The number of hydrogen-bond acceptors (Lipinski definition) is 7. The first-order valence-corrected chi connectivity index (χ1v) is 16.7. The summed E-state index contributed by atoms with van der Waals surface area (Å²) in [6, 6.07) is 9.69. The molecule has 1 fully saturated rings. The molecule has 0 saturated carbocycles. The van der Waals surface area contributed by atoms with Crippen LogP contribution in [0.25, 0.3) is 28.2 Å². The number of aryl methyl sites for hydroxylation is 1. The summed E-state index contributed by atoms with van der Waals surface area (Å²) in [6.45, 7) is 13.2. The minimum Gasteiger partial charge on any atom is -0.490 e. The number of benzene rings is 2. The molecule has 2 unspecified atom stereocenters. The van der Waals surface area contributed by atoms with Gasteiger partial charge >= 0.3 is 5.97 Å². The molecular weight excluding hydrogens is 618 g/mol. The number of piperidine rings is 1. The van der Waals surface area contributed by atoms with Crippen molar-refractivity contribution in [2.24, 2.45) is 0 Å². The van der Waals surface area contributed by atoms with Gasteiger partial charge in [0.1, 0.15) is 11.6 Å². The van der Waals surface area contributed by atoms with E-state index in [1.165, 1.54) is 6.07 Å². The number of ether oxygens (including phenoxy) is 3. The fourth-order valence-electron chi connectivity index (χ4n) is 6.62. The third kappa shape index (κ3) is 7.03. The maximum atomic E-state index is 14.6. The van der Waals surface area contributed by atoms with E-state index in [4.69, 9.17) is 24.2 Å². The van der Waals surface area contributed by atoms with Crippen molar-refractivity contribution in [3.05, 3.63) is 65.5 Å². The molecule has 9 nitrogen and oxygen atoms in total. The number of halogens is 2. The van der Waals surface area contributed by atoms with Crippen LogP contribution >= 0.6 is 0 Å². The standard InChI is InChI=1S/C37H44F2N4O5/c1-22-10-7-8-17-46-37(6)13-15-42(16-14-37)33-31(32(34(44)45)48-36(3,4)5)23(2)40-35-41-29(21-43(33)35)25-12-9-11-24(18-25)26-19-27(38)28(39)20-30(26)47-22/h9,11-12,18-22,32H,7-8,10,13-17H2,1-6H3,(H,44,45). The highest BCUT2D eigenvalue weighted by Crippen LogP contribution is 2.40. The highest BCUT2D eigenvalue weighted by molar-refractivity contribution is 5.79. The number of carbonyl (C=O) groups is 1. The van der Waals surface area contributed by atoms with Crippen molar-refractivity contribution in [3.63, 3.8) is 0 Å². The fourth-order valence-corrected chi connectivity index (χ4v) is 6.62. The van der Waals surface area contributed by atoms with Crippen molar-refractivity contribution in [1.82, 2.24) is 14.4 Å². The van der Waals surface area contributed by atoms with E-state index in [2.05, 4.69) is 11.8 Å². The van der Waals surface area contributed by atoms with Crippen LogP contribution < -0.4 is 9.64 Å². The fraction of sp³-hybridized carbons (Fsp3) is 0.486. The third-order valence-corrected chi connectivity index (χ3v) is 9.17. The maximum Gasteiger partial charge on any atom is 0.337 e. The van der Waals surface area contributed by atoms with Crippen molar-refractivity contribution >= 4 is 17.6 Å². The van der Waals surface area contributed by atoms with Gasteiger partial charge in [-0.25, -0.2) is 23.5 Å². The molecule has 2 aromatic carbocycles. The molecule has 6 bridgehead atoms. The lowest BCUT2D eigenvalue weighted by Crippen LogP contribution is -2.45. The normalized spacial score (nSPS) is 21.2. The van der Waals surface area contributed by atoms with E-state index in [0.717, 1.165) is 43.7 Å². The van der Waals surface area contributed by atoms with E-state index in [0.29, 0.717) is 59.4 Å². The Hall–Kier alpha value is -4.09. The topological polar surface area (TPSA) is 98.4 Å². The lowest BCUT2D eigenvalue weighted by atomic mass is 9.92. The van der Waals surface area contributed by atoms with Crippen LogP contribution in [-0.4, -0.2) is 62.4 Å². The molecular formula is C37H44F2N4O5. The summed E-state index contributed by atoms with van der Waals surface area (Å²) in [5, 5.41) is 10.5. The van der Waals surface area contributed by atoms with Crippen LogP contribution in [0.3, 0.4) is 0 Å². The molecule has 0 radical (unpaired) electrons. The van der Waals surface area contributed by atoms with Gasteiger partial charge in [0.2, 0.25) is 5.78 Å². The molecule has 7 rings (SSSR count).